The van der Waals surface area contributed by atoms with Gasteiger partial charge in [0.25, 0.3) is 0 Å². The largest absolute Gasteiger partial charge is 0.477 e. The fourth-order valence-electron chi connectivity index (χ4n) is 2.39. The molecule has 4 nitrogen and oxygen atoms in total. The summed E-state index contributed by atoms with van der Waals surface area (Å²) in [7, 11) is 0. The van der Waals surface area contributed by atoms with E-state index in [4.69, 9.17) is 16.7 Å². The van der Waals surface area contributed by atoms with E-state index in [9.17, 15) is 4.79 Å². The van der Waals surface area contributed by atoms with Crippen molar-refractivity contribution in [3.8, 4) is 0 Å². The van der Waals surface area contributed by atoms with Crippen LogP contribution in [0.15, 0.2) is 11.4 Å². The molecular formula is C13H13ClN2O2S2. The maximum Gasteiger partial charge on any atom is 0.345 e. The number of hydrogen-bond donors (Lipinski definition) is 1. The first kappa shape index (κ1) is 14.0. The molecule has 0 spiro atoms. The standard InChI is InChI=1S/C13H13ClN2O2S2/c14-11-7-19-12(15-11)6-16-3-1-2-9-8(5-16)4-10(20-9)13(17)18/h4,7H,1-3,5-6H2,(H,17,18). The van der Waals surface area contributed by atoms with Crippen LogP contribution in [0.3, 0.4) is 0 Å². The number of hydrogen-bond acceptors (Lipinski definition) is 5. The van der Waals surface area contributed by atoms with E-state index in [0.717, 1.165) is 43.0 Å². The molecule has 0 unspecified atom stereocenters. The predicted octanol–water partition coefficient (Wildman–Crippen LogP) is 3.50. The van der Waals surface area contributed by atoms with Crippen molar-refractivity contribution in [2.24, 2.45) is 0 Å². The highest BCUT2D eigenvalue weighted by Crippen LogP contribution is 2.29. The second-order valence-corrected chi connectivity index (χ2v) is 7.21. The molecule has 1 aliphatic heterocycles. The van der Waals surface area contributed by atoms with Gasteiger partial charge in [-0.25, -0.2) is 9.78 Å². The summed E-state index contributed by atoms with van der Waals surface area (Å²) in [6.45, 7) is 2.56. The molecule has 7 heteroatoms. The topological polar surface area (TPSA) is 53.4 Å². The van der Waals surface area contributed by atoms with Gasteiger partial charge < -0.3 is 5.11 Å². The highest BCUT2D eigenvalue weighted by atomic mass is 35.5. The van der Waals surface area contributed by atoms with Gasteiger partial charge in [0.05, 0.1) is 6.54 Å². The number of aryl methyl sites for hydroxylation is 1. The lowest BCUT2D eigenvalue weighted by Crippen LogP contribution is -2.22. The summed E-state index contributed by atoms with van der Waals surface area (Å²) in [5, 5.41) is 12.5. The molecule has 2 aromatic heterocycles. The van der Waals surface area contributed by atoms with Crippen molar-refractivity contribution in [2.75, 3.05) is 6.54 Å². The Hall–Kier alpha value is -0.950. The van der Waals surface area contributed by atoms with Crippen LogP contribution >= 0.6 is 34.3 Å². The minimum absolute atomic E-state index is 0.439. The van der Waals surface area contributed by atoms with Gasteiger partial charge in [-0.3, -0.25) is 4.90 Å². The van der Waals surface area contributed by atoms with Crippen LogP contribution in [0.25, 0.3) is 0 Å². The number of nitrogens with zero attached hydrogens (tertiary/aromatic N) is 2. The molecular weight excluding hydrogens is 316 g/mol. The fraction of sp³-hybridized carbons (Fsp3) is 0.385. The first-order chi connectivity index (χ1) is 9.61. The molecule has 2 aromatic rings. The molecule has 0 aromatic carbocycles. The van der Waals surface area contributed by atoms with Crippen LogP contribution in [0, 0.1) is 0 Å². The van der Waals surface area contributed by atoms with Gasteiger partial charge in [-0.05, 0) is 31.0 Å². The fourth-order valence-corrected chi connectivity index (χ4v) is 4.42. The second kappa shape index (κ2) is 5.81. The Morgan fingerprint density at radius 1 is 1.55 bits per heavy atom. The smallest absolute Gasteiger partial charge is 0.345 e. The van der Waals surface area contributed by atoms with Gasteiger partial charge in [0.15, 0.2) is 0 Å². The Morgan fingerprint density at radius 2 is 2.40 bits per heavy atom. The second-order valence-electron chi connectivity index (χ2n) is 4.74. The SMILES string of the molecule is O=C(O)c1cc2c(s1)CCCN(Cc1nc(Cl)cs1)C2. The van der Waals surface area contributed by atoms with Crippen molar-refractivity contribution in [3.63, 3.8) is 0 Å². The molecule has 0 radical (unpaired) electrons. The molecule has 3 heterocycles. The van der Waals surface area contributed by atoms with Gasteiger partial charge in [0, 0.05) is 16.8 Å². The minimum atomic E-state index is -0.832. The number of carboxylic acids is 1. The van der Waals surface area contributed by atoms with E-state index in [1.165, 1.54) is 16.2 Å². The molecule has 1 aliphatic rings. The van der Waals surface area contributed by atoms with Crippen molar-refractivity contribution in [1.82, 2.24) is 9.88 Å². The molecule has 106 valence electrons. The van der Waals surface area contributed by atoms with Gasteiger partial charge in [-0.15, -0.1) is 22.7 Å². The third kappa shape index (κ3) is 3.03. The van der Waals surface area contributed by atoms with Crippen LogP contribution in [-0.4, -0.2) is 27.5 Å². The highest BCUT2D eigenvalue weighted by molar-refractivity contribution is 7.14. The first-order valence-electron chi connectivity index (χ1n) is 6.29. The highest BCUT2D eigenvalue weighted by Gasteiger charge is 2.20. The van der Waals surface area contributed by atoms with Crippen molar-refractivity contribution in [2.45, 2.75) is 25.9 Å². The average molecular weight is 329 g/mol. The maximum absolute atomic E-state index is 11.1. The zero-order chi connectivity index (χ0) is 14.1. The summed E-state index contributed by atoms with van der Waals surface area (Å²) >= 11 is 8.82. The lowest BCUT2D eigenvalue weighted by atomic mass is 10.2. The van der Waals surface area contributed by atoms with E-state index in [1.54, 1.807) is 11.3 Å². The lowest BCUT2D eigenvalue weighted by molar-refractivity contribution is 0.0702. The van der Waals surface area contributed by atoms with Crippen molar-refractivity contribution in [3.05, 3.63) is 36.9 Å². The lowest BCUT2D eigenvalue weighted by Gasteiger charge is -2.18. The average Bonchev–Trinajstić information content (AvgIpc) is 2.92. The van der Waals surface area contributed by atoms with Crippen LogP contribution in [0.2, 0.25) is 5.15 Å². The molecule has 0 saturated heterocycles. The van der Waals surface area contributed by atoms with Crippen LogP contribution < -0.4 is 0 Å². The van der Waals surface area contributed by atoms with Crippen LogP contribution in [0.4, 0.5) is 0 Å². The Bertz CT molecular complexity index is 638. The maximum atomic E-state index is 11.1. The zero-order valence-corrected chi connectivity index (χ0v) is 13.0. The first-order valence-corrected chi connectivity index (χ1v) is 8.36. The van der Waals surface area contributed by atoms with E-state index in [2.05, 4.69) is 9.88 Å². The van der Waals surface area contributed by atoms with Gasteiger partial charge in [0.2, 0.25) is 0 Å². The van der Waals surface area contributed by atoms with Gasteiger partial charge >= 0.3 is 5.97 Å². The Morgan fingerprint density at radius 3 is 3.10 bits per heavy atom. The van der Waals surface area contributed by atoms with E-state index < -0.39 is 5.97 Å². The Kier molecular flexibility index (Phi) is 4.07. The number of aromatic carboxylic acids is 1. The van der Waals surface area contributed by atoms with Gasteiger partial charge in [0.1, 0.15) is 15.0 Å². The Balaban J connectivity index is 1.76. The zero-order valence-electron chi connectivity index (χ0n) is 10.6. The normalized spacial score (nSPS) is 15.8. The van der Waals surface area contributed by atoms with Crippen molar-refractivity contribution < 1.29 is 9.90 Å². The van der Waals surface area contributed by atoms with Gasteiger partial charge in [-0.2, -0.15) is 0 Å². The number of fused-ring (bicyclic) bond motifs is 1. The van der Waals surface area contributed by atoms with Crippen LogP contribution in [-0.2, 0) is 19.5 Å². The van der Waals surface area contributed by atoms with Crippen LogP contribution in [0.5, 0.6) is 0 Å². The molecule has 3 rings (SSSR count). The van der Waals surface area contributed by atoms with E-state index in [1.807, 2.05) is 11.4 Å². The molecule has 0 bridgehead atoms. The molecule has 0 atom stereocenters. The van der Waals surface area contributed by atoms with Crippen LogP contribution in [0.1, 0.15) is 31.5 Å². The molecule has 0 aliphatic carbocycles. The van der Waals surface area contributed by atoms with Gasteiger partial charge in [-0.1, -0.05) is 11.6 Å². The summed E-state index contributed by atoms with van der Waals surface area (Å²) in [4.78, 5) is 19.3. The number of carbonyl (C=O) groups is 1. The number of rotatable bonds is 3. The third-order valence-corrected chi connectivity index (χ3v) is 5.64. The summed E-state index contributed by atoms with van der Waals surface area (Å²) in [5.74, 6) is -0.832. The number of thiazole rings is 1. The monoisotopic (exact) mass is 328 g/mol. The Labute approximate surface area is 129 Å². The molecule has 0 saturated carbocycles. The third-order valence-electron chi connectivity index (χ3n) is 3.26. The summed E-state index contributed by atoms with van der Waals surface area (Å²) in [5.41, 5.74) is 1.15. The van der Waals surface area contributed by atoms with E-state index in [-0.39, 0.29) is 0 Å². The number of thiophene rings is 1. The summed E-state index contributed by atoms with van der Waals surface area (Å²) < 4.78 is 0. The molecule has 20 heavy (non-hydrogen) atoms. The molecule has 1 N–H and O–H groups in total. The minimum Gasteiger partial charge on any atom is -0.477 e. The molecule has 0 fully saturated rings. The van der Waals surface area contributed by atoms with E-state index in [0.29, 0.717) is 10.0 Å². The molecule has 0 amide bonds. The predicted molar refractivity (Wildman–Crippen MR) is 80.8 cm³/mol. The van der Waals surface area contributed by atoms with Crippen molar-refractivity contribution in [1.29, 1.82) is 0 Å². The number of aromatic nitrogens is 1. The van der Waals surface area contributed by atoms with Crippen molar-refractivity contribution >= 4 is 40.2 Å². The summed E-state index contributed by atoms with van der Waals surface area (Å²) in [6.07, 6.45) is 2.01. The summed E-state index contributed by atoms with van der Waals surface area (Å²) in [6, 6.07) is 1.81. The quantitative estimate of drug-likeness (QED) is 0.936. The van der Waals surface area contributed by atoms with E-state index >= 15 is 0 Å². The number of halogens is 1. The number of carboxylic acid groups (broad SMARTS) is 1.